The Morgan fingerprint density at radius 1 is 0.833 bits per heavy atom. The molecule has 0 aliphatic carbocycles. The van der Waals surface area contributed by atoms with Crippen molar-refractivity contribution in [3.63, 3.8) is 0 Å². The van der Waals surface area contributed by atoms with Crippen LogP contribution in [0.5, 0.6) is 0 Å². The van der Waals surface area contributed by atoms with Crippen molar-refractivity contribution in [3.8, 4) is 0 Å². The van der Waals surface area contributed by atoms with Gasteiger partial charge in [0.25, 0.3) is 0 Å². The predicted molar refractivity (Wildman–Crippen MR) is 106 cm³/mol. The number of ether oxygens (including phenoxy) is 1. The van der Waals surface area contributed by atoms with Crippen LogP contribution in [0, 0.1) is 0 Å². The van der Waals surface area contributed by atoms with Crippen LogP contribution in [-0.4, -0.2) is 38.8 Å². The van der Waals surface area contributed by atoms with Crippen LogP contribution >= 0.6 is 0 Å². The van der Waals surface area contributed by atoms with Crippen LogP contribution in [0.2, 0.25) is 0 Å². The number of hydrogen-bond acceptors (Lipinski definition) is 2. The van der Waals surface area contributed by atoms with Gasteiger partial charge in [-0.3, -0.25) is 0 Å². The molecule has 0 aliphatic rings. The van der Waals surface area contributed by atoms with Crippen molar-refractivity contribution >= 4 is 5.57 Å². The largest absolute Gasteiger partial charge is 0.377 e. The first-order valence-corrected chi connectivity index (χ1v) is 9.66. The Labute approximate surface area is 149 Å². The summed E-state index contributed by atoms with van der Waals surface area (Å²) in [5.74, 6) is 0. The molecule has 0 saturated heterocycles. The zero-order chi connectivity index (χ0) is 17.5. The normalized spacial score (nSPS) is 11.1. The quantitative estimate of drug-likeness (QED) is 0.377. The van der Waals surface area contributed by atoms with E-state index in [9.17, 15) is 0 Å². The van der Waals surface area contributed by atoms with Gasteiger partial charge in [-0.2, -0.15) is 0 Å². The van der Waals surface area contributed by atoms with Gasteiger partial charge >= 0.3 is 0 Å². The fourth-order valence-electron chi connectivity index (χ4n) is 2.82. The zero-order valence-corrected chi connectivity index (χ0v) is 15.9. The first-order chi connectivity index (χ1) is 11.7. The molecule has 0 aromatic heterocycles. The maximum atomic E-state index is 5.74. The van der Waals surface area contributed by atoms with Gasteiger partial charge < -0.3 is 9.64 Å². The Morgan fingerprint density at radius 2 is 1.38 bits per heavy atom. The minimum absolute atomic E-state index is 0.650. The molecule has 0 spiro atoms. The van der Waals surface area contributed by atoms with Crippen molar-refractivity contribution < 1.29 is 4.74 Å². The summed E-state index contributed by atoms with van der Waals surface area (Å²) in [5, 5.41) is 0. The molecule has 0 N–H and O–H groups in total. The summed E-state index contributed by atoms with van der Waals surface area (Å²) in [6.45, 7) is 6.84. The Morgan fingerprint density at radius 3 is 1.96 bits per heavy atom. The molecule has 0 heterocycles. The molecule has 0 atom stereocenters. The average Bonchev–Trinajstić information content (AvgIpc) is 2.59. The summed E-state index contributed by atoms with van der Waals surface area (Å²) in [4.78, 5) is 2.28. The second kappa shape index (κ2) is 14.2. The molecular weight excluding hydrogens is 294 g/mol. The van der Waals surface area contributed by atoms with Gasteiger partial charge in [0.15, 0.2) is 0 Å². The van der Waals surface area contributed by atoms with Crippen molar-refractivity contribution in [3.05, 3.63) is 42.5 Å². The van der Waals surface area contributed by atoms with E-state index in [-0.39, 0.29) is 0 Å². The summed E-state index contributed by atoms with van der Waals surface area (Å²) in [5.41, 5.74) is 2.26. The molecule has 24 heavy (non-hydrogen) atoms. The van der Waals surface area contributed by atoms with Crippen LogP contribution in [0.15, 0.2) is 36.9 Å². The summed E-state index contributed by atoms with van der Waals surface area (Å²) in [7, 11) is 4.31. The molecule has 0 saturated carbocycles. The maximum absolute atomic E-state index is 5.74. The van der Waals surface area contributed by atoms with Crippen LogP contribution in [0.3, 0.4) is 0 Å². The minimum atomic E-state index is 0.650. The molecule has 1 aromatic rings. The van der Waals surface area contributed by atoms with Gasteiger partial charge in [0.05, 0.1) is 6.61 Å². The molecule has 0 amide bonds. The highest BCUT2D eigenvalue weighted by atomic mass is 16.5. The second-order valence-corrected chi connectivity index (χ2v) is 7.01. The van der Waals surface area contributed by atoms with E-state index < -0.39 is 0 Å². The van der Waals surface area contributed by atoms with Gasteiger partial charge in [0.1, 0.15) is 0 Å². The molecule has 136 valence electrons. The summed E-state index contributed by atoms with van der Waals surface area (Å²) in [6.07, 6.45) is 12.1. The fourth-order valence-corrected chi connectivity index (χ4v) is 2.82. The molecule has 0 bridgehead atoms. The van der Waals surface area contributed by atoms with Gasteiger partial charge in [-0.25, -0.2) is 0 Å². The third-order valence-electron chi connectivity index (χ3n) is 4.35. The van der Waals surface area contributed by atoms with E-state index in [2.05, 4.69) is 37.7 Å². The van der Waals surface area contributed by atoms with Gasteiger partial charge in [-0.05, 0) is 44.6 Å². The third-order valence-corrected chi connectivity index (χ3v) is 4.35. The van der Waals surface area contributed by atoms with Gasteiger partial charge in [-0.1, -0.05) is 81.9 Å². The fraction of sp³-hybridized carbons (Fsp3) is 0.636. The topological polar surface area (TPSA) is 12.5 Å². The van der Waals surface area contributed by atoms with Gasteiger partial charge in [0.2, 0.25) is 0 Å². The molecular formula is C22H37NO. The Bertz CT molecular complexity index is 413. The molecule has 1 aromatic carbocycles. The second-order valence-electron chi connectivity index (χ2n) is 7.01. The molecule has 2 heteroatoms. The lowest BCUT2D eigenvalue weighted by Gasteiger charge is -2.08. The van der Waals surface area contributed by atoms with Crippen molar-refractivity contribution in [2.24, 2.45) is 0 Å². The molecule has 1 rings (SSSR count). The van der Waals surface area contributed by atoms with Crippen molar-refractivity contribution in [2.75, 3.05) is 33.9 Å². The van der Waals surface area contributed by atoms with E-state index >= 15 is 0 Å². The lowest BCUT2D eigenvalue weighted by Crippen LogP contribution is -2.12. The van der Waals surface area contributed by atoms with E-state index in [0.717, 1.165) is 12.2 Å². The van der Waals surface area contributed by atoms with Crippen LogP contribution in [0.25, 0.3) is 5.57 Å². The number of hydrogen-bond donors (Lipinski definition) is 0. The Kier molecular flexibility index (Phi) is 12.4. The van der Waals surface area contributed by atoms with Crippen molar-refractivity contribution in [2.45, 2.75) is 57.8 Å². The number of benzene rings is 1. The van der Waals surface area contributed by atoms with Gasteiger partial charge in [0, 0.05) is 6.61 Å². The third kappa shape index (κ3) is 11.4. The predicted octanol–water partition coefficient (Wildman–Crippen LogP) is 5.79. The lowest BCUT2D eigenvalue weighted by atomic mass is 10.1. The van der Waals surface area contributed by atoms with E-state index in [0.29, 0.717) is 6.61 Å². The standard InChI is InChI=1S/C22H37NO/c1-21(22-16-12-11-13-17-22)20-24-19-15-10-8-6-4-5-7-9-14-18-23(2)3/h11-13,16-17H,1,4-10,14-15,18-20H2,2-3H3. The highest BCUT2D eigenvalue weighted by Gasteiger charge is 1.98. The monoisotopic (exact) mass is 331 g/mol. The highest BCUT2D eigenvalue weighted by Crippen LogP contribution is 2.13. The van der Waals surface area contributed by atoms with E-state index in [1.807, 2.05) is 18.2 Å². The molecule has 0 radical (unpaired) electrons. The SMILES string of the molecule is C=C(COCCCCCCCCCCCN(C)C)c1ccccc1. The number of rotatable bonds is 15. The van der Waals surface area contributed by atoms with Crippen LogP contribution < -0.4 is 0 Å². The molecule has 0 unspecified atom stereocenters. The smallest absolute Gasteiger partial charge is 0.0716 e. The highest BCUT2D eigenvalue weighted by molar-refractivity contribution is 5.63. The summed E-state index contributed by atoms with van der Waals surface area (Å²) < 4.78 is 5.74. The minimum Gasteiger partial charge on any atom is -0.377 e. The van der Waals surface area contributed by atoms with E-state index in [4.69, 9.17) is 4.74 Å². The van der Waals surface area contributed by atoms with Crippen LogP contribution in [0.1, 0.15) is 63.4 Å². The van der Waals surface area contributed by atoms with E-state index in [1.165, 1.54) is 69.9 Å². The maximum Gasteiger partial charge on any atom is 0.0716 e. The van der Waals surface area contributed by atoms with Crippen LogP contribution in [0.4, 0.5) is 0 Å². The number of nitrogens with zero attached hydrogens (tertiary/aromatic N) is 1. The molecule has 0 aliphatic heterocycles. The lowest BCUT2D eigenvalue weighted by molar-refractivity contribution is 0.162. The Hall–Kier alpha value is -1.12. The summed E-state index contributed by atoms with van der Waals surface area (Å²) >= 11 is 0. The first-order valence-electron chi connectivity index (χ1n) is 9.66. The average molecular weight is 332 g/mol. The zero-order valence-electron chi connectivity index (χ0n) is 15.9. The van der Waals surface area contributed by atoms with Crippen LogP contribution in [-0.2, 0) is 4.74 Å². The Balaban J connectivity index is 1.82. The molecule has 0 fully saturated rings. The van der Waals surface area contributed by atoms with E-state index in [1.54, 1.807) is 0 Å². The van der Waals surface area contributed by atoms with Crippen molar-refractivity contribution in [1.29, 1.82) is 0 Å². The number of unbranched alkanes of at least 4 members (excludes halogenated alkanes) is 8. The van der Waals surface area contributed by atoms with Gasteiger partial charge in [-0.15, -0.1) is 0 Å². The molecule has 2 nitrogen and oxygen atoms in total. The van der Waals surface area contributed by atoms with Crippen molar-refractivity contribution in [1.82, 2.24) is 4.90 Å². The first kappa shape index (κ1) is 20.9. The summed E-state index contributed by atoms with van der Waals surface area (Å²) in [6, 6.07) is 10.3.